The fourth-order valence-electron chi connectivity index (χ4n) is 1.31. The van der Waals surface area contributed by atoms with E-state index in [0.717, 1.165) is 11.8 Å². The molecule has 0 aromatic heterocycles. The Hall–Kier alpha value is -0.680. The minimum atomic E-state index is -3.39. The Labute approximate surface area is 71.9 Å². The molecule has 4 nitrogen and oxygen atoms in total. The van der Waals surface area contributed by atoms with E-state index in [2.05, 4.69) is 6.58 Å². The highest BCUT2D eigenvalue weighted by Gasteiger charge is 2.31. The van der Waals surface area contributed by atoms with Crippen LogP contribution in [0.25, 0.3) is 0 Å². The number of aldehydes is 1. The summed E-state index contributed by atoms with van der Waals surface area (Å²) in [5.74, 6) is 0. The maximum Gasteiger partial charge on any atom is 0.236 e. The predicted octanol–water partition coefficient (Wildman–Crippen LogP) is 0.123. The van der Waals surface area contributed by atoms with Gasteiger partial charge in [-0.25, -0.2) is 8.42 Å². The molecule has 0 radical (unpaired) electrons. The minimum Gasteiger partial charge on any atom is -0.302 e. The van der Waals surface area contributed by atoms with Gasteiger partial charge in [-0.2, -0.15) is 4.31 Å². The van der Waals surface area contributed by atoms with Crippen LogP contribution in [0.3, 0.4) is 0 Å². The Morgan fingerprint density at radius 2 is 2.17 bits per heavy atom. The van der Waals surface area contributed by atoms with E-state index < -0.39 is 16.1 Å². The normalized spacial score (nSPS) is 25.5. The molecule has 1 unspecified atom stereocenters. The first kappa shape index (κ1) is 9.41. The lowest BCUT2D eigenvalue weighted by atomic mass is 10.2. The first-order valence-electron chi connectivity index (χ1n) is 3.71. The van der Waals surface area contributed by atoms with Crippen LogP contribution < -0.4 is 0 Å². The molecule has 0 bridgehead atoms. The molecule has 12 heavy (non-hydrogen) atoms. The molecule has 0 aliphatic carbocycles. The number of carbonyl (C=O) groups excluding carboxylic acids is 1. The van der Waals surface area contributed by atoms with Gasteiger partial charge >= 0.3 is 0 Å². The Kier molecular flexibility index (Phi) is 2.64. The number of sulfonamides is 1. The monoisotopic (exact) mass is 189 g/mol. The maximum absolute atomic E-state index is 11.2. The fraction of sp³-hybridized carbons (Fsp3) is 0.571. The van der Waals surface area contributed by atoms with Crippen molar-refractivity contribution in [3.63, 3.8) is 0 Å². The van der Waals surface area contributed by atoms with Crippen LogP contribution in [0.4, 0.5) is 0 Å². The van der Waals surface area contributed by atoms with Gasteiger partial charge in [0.05, 0.1) is 6.04 Å². The van der Waals surface area contributed by atoms with Crippen LogP contribution in [0.5, 0.6) is 0 Å². The van der Waals surface area contributed by atoms with E-state index in [-0.39, 0.29) is 0 Å². The summed E-state index contributed by atoms with van der Waals surface area (Å²) < 4.78 is 23.6. The maximum atomic E-state index is 11.2. The first-order valence-corrected chi connectivity index (χ1v) is 5.21. The van der Waals surface area contributed by atoms with Gasteiger partial charge in [-0.3, -0.25) is 0 Å². The SMILES string of the molecule is C=CS(=O)(=O)N1CCCC1C=O. The Morgan fingerprint density at radius 3 is 2.67 bits per heavy atom. The summed E-state index contributed by atoms with van der Waals surface area (Å²) >= 11 is 0. The molecule has 1 saturated heterocycles. The third kappa shape index (κ3) is 1.56. The van der Waals surface area contributed by atoms with E-state index in [1.807, 2.05) is 0 Å². The highest BCUT2D eigenvalue weighted by Crippen LogP contribution is 2.19. The van der Waals surface area contributed by atoms with Crippen molar-refractivity contribution >= 4 is 16.3 Å². The topological polar surface area (TPSA) is 54.5 Å². The second-order valence-electron chi connectivity index (χ2n) is 2.67. The van der Waals surface area contributed by atoms with Crippen LogP contribution in [-0.4, -0.2) is 31.6 Å². The van der Waals surface area contributed by atoms with Gasteiger partial charge in [0, 0.05) is 12.0 Å². The predicted molar refractivity (Wildman–Crippen MR) is 44.9 cm³/mol. The molecule has 0 spiro atoms. The minimum absolute atomic E-state index is 0.428. The second kappa shape index (κ2) is 3.37. The van der Waals surface area contributed by atoms with E-state index in [1.54, 1.807) is 0 Å². The summed E-state index contributed by atoms with van der Waals surface area (Å²) in [7, 11) is -3.39. The van der Waals surface area contributed by atoms with Crippen molar-refractivity contribution in [2.24, 2.45) is 0 Å². The second-order valence-corrected chi connectivity index (χ2v) is 4.50. The van der Waals surface area contributed by atoms with E-state index in [1.165, 1.54) is 4.31 Å². The molecule has 68 valence electrons. The van der Waals surface area contributed by atoms with E-state index in [0.29, 0.717) is 19.3 Å². The average Bonchev–Trinajstić information content (AvgIpc) is 2.52. The largest absolute Gasteiger partial charge is 0.302 e. The standard InChI is InChI=1S/C7H11NO3S/c1-2-12(10,11)8-5-3-4-7(8)6-9/h2,6-7H,1,3-5H2. The summed E-state index contributed by atoms with van der Waals surface area (Å²) in [6.45, 7) is 3.63. The zero-order valence-corrected chi connectivity index (χ0v) is 7.46. The van der Waals surface area contributed by atoms with Crippen LogP contribution in [-0.2, 0) is 14.8 Å². The summed E-state index contributed by atoms with van der Waals surface area (Å²) in [5, 5.41) is 0.884. The highest BCUT2D eigenvalue weighted by atomic mass is 32.2. The lowest BCUT2D eigenvalue weighted by molar-refractivity contribution is -0.110. The third-order valence-electron chi connectivity index (χ3n) is 1.94. The van der Waals surface area contributed by atoms with Gasteiger partial charge in [0.2, 0.25) is 10.0 Å². The van der Waals surface area contributed by atoms with Gasteiger partial charge in [-0.15, -0.1) is 0 Å². The molecule has 1 fully saturated rings. The molecular weight excluding hydrogens is 178 g/mol. The number of hydrogen-bond donors (Lipinski definition) is 0. The molecule has 0 N–H and O–H groups in total. The molecule has 0 aromatic rings. The highest BCUT2D eigenvalue weighted by molar-refractivity contribution is 7.92. The number of carbonyl (C=O) groups is 1. The van der Waals surface area contributed by atoms with Crippen molar-refractivity contribution in [3.8, 4) is 0 Å². The van der Waals surface area contributed by atoms with Crippen molar-refractivity contribution in [2.45, 2.75) is 18.9 Å². The van der Waals surface area contributed by atoms with Crippen LogP contribution in [0, 0.1) is 0 Å². The van der Waals surface area contributed by atoms with Crippen molar-refractivity contribution in [1.82, 2.24) is 4.31 Å². The van der Waals surface area contributed by atoms with Gasteiger partial charge < -0.3 is 4.79 Å². The Balaban J connectivity index is 2.88. The molecule has 1 aliphatic rings. The molecule has 5 heteroatoms. The van der Waals surface area contributed by atoms with Gasteiger partial charge in [0.15, 0.2) is 0 Å². The lowest BCUT2D eigenvalue weighted by Gasteiger charge is -2.16. The molecule has 0 amide bonds. The number of rotatable bonds is 3. The molecule has 0 saturated carbocycles. The van der Waals surface area contributed by atoms with Crippen molar-refractivity contribution < 1.29 is 13.2 Å². The van der Waals surface area contributed by atoms with Crippen LogP contribution in [0.2, 0.25) is 0 Å². The summed E-state index contributed by atoms with van der Waals surface area (Å²) in [4.78, 5) is 10.4. The lowest BCUT2D eigenvalue weighted by Crippen LogP contribution is -2.34. The van der Waals surface area contributed by atoms with Crippen LogP contribution in [0.1, 0.15) is 12.8 Å². The van der Waals surface area contributed by atoms with Gasteiger partial charge in [-0.05, 0) is 12.8 Å². The van der Waals surface area contributed by atoms with Gasteiger partial charge in [0.25, 0.3) is 0 Å². The molecule has 0 aromatic carbocycles. The zero-order chi connectivity index (χ0) is 9.19. The van der Waals surface area contributed by atoms with Crippen LogP contribution >= 0.6 is 0 Å². The van der Waals surface area contributed by atoms with Crippen molar-refractivity contribution in [2.75, 3.05) is 6.54 Å². The number of nitrogens with zero attached hydrogens (tertiary/aromatic N) is 1. The molecule has 1 rings (SSSR count). The first-order chi connectivity index (χ1) is 5.61. The van der Waals surface area contributed by atoms with Crippen molar-refractivity contribution in [1.29, 1.82) is 0 Å². The smallest absolute Gasteiger partial charge is 0.236 e. The Bertz CT molecular complexity index is 283. The van der Waals surface area contributed by atoms with Crippen LogP contribution in [0.15, 0.2) is 12.0 Å². The molecule has 1 heterocycles. The van der Waals surface area contributed by atoms with Gasteiger partial charge in [-0.1, -0.05) is 6.58 Å². The summed E-state index contributed by atoms with van der Waals surface area (Å²) in [6.07, 6.45) is 2.04. The Morgan fingerprint density at radius 1 is 1.50 bits per heavy atom. The van der Waals surface area contributed by atoms with E-state index in [4.69, 9.17) is 0 Å². The third-order valence-corrected chi connectivity index (χ3v) is 3.47. The van der Waals surface area contributed by atoms with E-state index in [9.17, 15) is 13.2 Å². The molecule has 1 aliphatic heterocycles. The fourth-order valence-corrected chi connectivity index (χ4v) is 2.42. The molecular formula is C7H11NO3S. The van der Waals surface area contributed by atoms with Gasteiger partial charge in [0.1, 0.15) is 6.29 Å². The average molecular weight is 189 g/mol. The summed E-state index contributed by atoms with van der Waals surface area (Å²) in [6, 6.07) is -0.479. The van der Waals surface area contributed by atoms with Crippen molar-refractivity contribution in [3.05, 3.63) is 12.0 Å². The summed E-state index contributed by atoms with van der Waals surface area (Å²) in [5.41, 5.74) is 0. The quantitative estimate of drug-likeness (QED) is 0.593. The molecule has 1 atom stereocenters. The zero-order valence-electron chi connectivity index (χ0n) is 6.64. The number of hydrogen-bond acceptors (Lipinski definition) is 3. The van der Waals surface area contributed by atoms with E-state index >= 15 is 0 Å².